The van der Waals surface area contributed by atoms with Crippen molar-refractivity contribution in [1.29, 1.82) is 0 Å². The lowest BCUT2D eigenvalue weighted by Crippen LogP contribution is -2.39. The molecule has 0 fully saturated rings. The quantitative estimate of drug-likeness (QED) is 0.328. The Morgan fingerprint density at radius 3 is 2.69 bits per heavy atom. The molecule has 42 heavy (non-hydrogen) atoms. The van der Waals surface area contributed by atoms with Crippen molar-refractivity contribution >= 4 is 27.3 Å². The first-order chi connectivity index (χ1) is 20.1. The SMILES string of the molecule is Cc1ccc2cc1[C@@H](C)N1Cc3cc(ccc3OS1(=O)=O)OCCCCCn1nnc3c(C)c(ccc31)[C@H]2CC(=O)O. The molecule has 10 nitrogen and oxygen atoms in total. The highest BCUT2D eigenvalue weighted by atomic mass is 32.2. The summed E-state index contributed by atoms with van der Waals surface area (Å²) in [7, 11) is -4.08. The van der Waals surface area contributed by atoms with Gasteiger partial charge in [-0.15, -0.1) is 5.10 Å². The lowest BCUT2D eigenvalue weighted by atomic mass is 9.83. The number of nitrogens with zero attached hydrogens (tertiary/aromatic N) is 4. The molecular weight excluding hydrogens is 556 g/mol. The van der Waals surface area contributed by atoms with Crippen molar-refractivity contribution < 1.29 is 27.2 Å². The van der Waals surface area contributed by atoms with Crippen LogP contribution in [-0.4, -0.2) is 45.4 Å². The van der Waals surface area contributed by atoms with Crippen LogP contribution in [-0.2, 0) is 28.2 Å². The Morgan fingerprint density at radius 1 is 1.05 bits per heavy atom. The minimum atomic E-state index is -4.08. The number of hydrogen-bond acceptors (Lipinski definition) is 7. The number of carbonyl (C=O) groups is 1. The standard InChI is InChI=1S/C31H34N4O6S/c1-19-7-8-22-16-26(19)21(3)35-18-23-15-24(9-12-29(23)41-42(35,38)39)40-14-6-4-5-13-34-28-11-10-25(27(22)17-30(36)37)20(2)31(28)32-33-34/h7-12,15-16,21,27H,4-6,13-14,17-18H2,1-3H3,(H,36,37)/t21-,27+/m1/s1. The zero-order valence-corrected chi connectivity index (χ0v) is 24.7. The van der Waals surface area contributed by atoms with Crippen molar-refractivity contribution in [2.45, 2.75) is 71.5 Å². The normalized spacial score (nSPS) is 21.9. The molecule has 0 amide bonds. The van der Waals surface area contributed by atoms with Gasteiger partial charge in [0.05, 0.1) is 24.6 Å². The zero-order chi connectivity index (χ0) is 29.6. The Hall–Kier alpha value is -3.96. The molecular formula is C31H34N4O6S. The first kappa shape index (κ1) is 28.2. The minimum Gasteiger partial charge on any atom is -0.494 e. The third-order valence-electron chi connectivity index (χ3n) is 8.45. The highest BCUT2D eigenvalue weighted by Crippen LogP contribution is 2.40. The highest BCUT2D eigenvalue weighted by molar-refractivity contribution is 7.84. The predicted molar refractivity (Wildman–Crippen MR) is 157 cm³/mol. The van der Waals surface area contributed by atoms with Crippen LogP contribution < -0.4 is 8.92 Å². The average molecular weight is 591 g/mol. The first-order valence-corrected chi connectivity index (χ1v) is 15.6. The summed E-state index contributed by atoms with van der Waals surface area (Å²) in [6.45, 7) is 7.09. The molecule has 3 atom stereocenters. The van der Waals surface area contributed by atoms with Gasteiger partial charge < -0.3 is 14.0 Å². The number of benzene rings is 3. The van der Waals surface area contributed by atoms with Crippen molar-refractivity contribution in [2.24, 2.45) is 0 Å². The monoisotopic (exact) mass is 590 g/mol. The summed E-state index contributed by atoms with van der Waals surface area (Å²) in [5.41, 5.74) is 6.60. The van der Waals surface area contributed by atoms with E-state index in [1.165, 1.54) is 4.31 Å². The summed E-state index contributed by atoms with van der Waals surface area (Å²) in [5.74, 6) is -0.426. The van der Waals surface area contributed by atoms with E-state index >= 15 is 0 Å². The number of aryl methyl sites for hydroxylation is 3. The number of ether oxygens (including phenoxy) is 1. The second-order valence-corrected chi connectivity index (χ2v) is 12.7. The number of aliphatic carboxylic acids is 1. The van der Waals surface area contributed by atoms with Crippen LogP contribution >= 0.6 is 0 Å². The van der Waals surface area contributed by atoms with Crippen LogP contribution in [0.3, 0.4) is 0 Å². The third-order valence-corrected chi connectivity index (χ3v) is 9.86. The van der Waals surface area contributed by atoms with E-state index < -0.39 is 28.2 Å². The number of aromatic nitrogens is 3. The van der Waals surface area contributed by atoms with Gasteiger partial charge in [0.25, 0.3) is 0 Å². The summed E-state index contributed by atoms with van der Waals surface area (Å²) < 4.78 is 41.4. The van der Waals surface area contributed by atoms with Crippen LogP contribution in [0, 0.1) is 13.8 Å². The molecule has 0 radical (unpaired) electrons. The van der Waals surface area contributed by atoms with Gasteiger partial charge in [-0.1, -0.05) is 29.5 Å². The molecule has 7 rings (SSSR count). The van der Waals surface area contributed by atoms with E-state index in [9.17, 15) is 18.3 Å². The van der Waals surface area contributed by atoms with Gasteiger partial charge in [0.15, 0.2) is 0 Å². The topological polar surface area (TPSA) is 124 Å². The maximum absolute atomic E-state index is 13.3. The van der Waals surface area contributed by atoms with E-state index in [0.717, 1.165) is 63.7 Å². The lowest BCUT2D eigenvalue weighted by Gasteiger charge is -2.33. The summed E-state index contributed by atoms with van der Waals surface area (Å²) in [6.07, 6.45) is 2.57. The summed E-state index contributed by atoms with van der Waals surface area (Å²) in [5, 5.41) is 18.8. The van der Waals surface area contributed by atoms with Gasteiger partial charge in [-0.25, -0.2) is 4.68 Å². The van der Waals surface area contributed by atoms with Gasteiger partial charge in [0.1, 0.15) is 17.0 Å². The third kappa shape index (κ3) is 5.22. The Kier molecular flexibility index (Phi) is 7.40. The van der Waals surface area contributed by atoms with Gasteiger partial charge in [-0.2, -0.15) is 12.7 Å². The fourth-order valence-electron chi connectivity index (χ4n) is 6.11. The predicted octanol–water partition coefficient (Wildman–Crippen LogP) is 5.42. The van der Waals surface area contributed by atoms with E-state index in [2.05, 4.69) is 10.3 Å². The number of carboxylic acids is 1. The molecule has 4 aromatic rings. The largest absolute Gasteiger partial charge is 0.494 e. The molecule has 1 aromatic heterocycles. The molecule has 9 bridgehead atoms. The molecule has 3 aliphatic heterocycles. The van der Waals surface area contributed by atoms with Crippen LogP contribution in [0.4, 0.5) is 0 Å². The molecule has 0 saturated carbocycles. The molecule has 4 heterocycles. The summed E-state index contributed by atoms with van der Waals surface area (Å²) in [4.78, 5) is 12.1. The van der Waals surface area contributed by atoms with Crippen molar-refractivity contribution in [3.8, 4) is 11.5 Å². The fourth-order valence-corrected chi connectivity index (χ4v) is 7.39. The van der Waals surface area contributed by atoms with Gasteiger partial charge in [0.2, 0.25) is 0 Å². The van der Waals surface area contributed by atoms with Crippen molar-refractivity contribution in [3.63, 3.8) is 0 Å². The van der Waals surface area contributed by atoms with Crippen LogP contribution in [0.15, 0.2) is 48.5 Å². The van der Waals surface area contributed by atoms with Crippen LogP contribution in [0.2, 0.25) is 0 Å². The molecule has 0 saturated heterocycles. The molecule has 1 unspecified atom stereocenters. The zero-order valence-electron chi connectivity index (χ0n) is 23.9. The van der Waals surface area contributed by atoms with E-state index in [1.54, 1.807) is 12.1 Å². The van der Waals surface area contributed by atoms with E-state index in [4.69, 9.17) is 8.92 Å². The van der Waals surface area contributed by atoms with E-state index in [1.807, 2.05) is 61.9 Å². The fraction of sp³-hybridized carbons (Fsp3) is 0.387. The van der Waals surface area contributed by atoms with Gasteiger partial charge in [-0.05, 0) is 92.1 Å². The molecule has 11 heteroatoms. The second kappa shape index (κ2) is 11.0. The number of hydrogen-bond donors (Lipinski definition) is 1. The molecule has 0 spiro atoms. The van der Waals surface area contributed by atoms with Gasteiger partial charge >= 0.3 is 16.3 Å². The average Bonchev–Trinajstić information content (AvgIpc) is 3.36. The van der Waals surface area contributed by atoms with Crippen molar-refractivity contribution in [1.82, 2.24) is 19.3 Å². The molecule has 3 aliphatic rings. The maximum atomic E-state index is 13.3. The van der Waals surface area contributed by atoms with Crippen LogP contribution in [0.1, 0.15) is 77.9 Å². The van der Waals surface area contributed by atoms with E-state index in [0.29, 0.717) is 24.7 Å². The maximum Gasteiger partial charge on any atom is 0.386 e. The molecule has 220 valence electrons. The summed E-state index contributed by atoms with van der Waals surface area (Å²) in [6, 6.07) is 14.4. The summed E-state index contributed by atoms with van der Waals surface area (Å²) >= 11 is 0. The number of carboxylic acid groups (broad SMARTS) is 1. The lowest BCUT2D eigenvalue weighted by molar-refractivity contribution is -0.137. The molecule has 3 aromatic carbocycles. The Balaban J connectivity index is 1.48. The highest BCUT2D eigenvalue weighted by Gasteiger charge is 2.37. The number of fused-ring (bicyclic) bond motifs is 6. The number of rotatable bonds is 2. The molecule has 0 aliphatic carbocycles. The smallest absolute Gasteiger partial charge is 0.386 e. The Labute approximate surface area is 245 Å². The molecule has 1 N–H and O–H groups in total. The second-order valence-electron chi connectivity index (χ2n) is 11.2. The first-order valence-electron chi connectivity index (χ1n) is 14.2. The van der Waals surface area contributed by atoms with Crippen molar-refractivity contribution in [3.05, 3.63) is 81.9 Å². The Bertz CT molecular complexity index is 1780. The minimum absolute atomic E-state index is 0.126. The van der Waals surface area contributed by atoms with Gasteiger partial charge in [-0.3, -0.25) is 4.79 Å². The van der Waals surface area contributed by atoms with Gasteiger partial charge in [0, 0.05) is 24.6 Å². The van der Waals surface area contributed by atoms with Crippen LogP contribution in [0.25, 0.3) is 11.0 Å². The Morgan fingerprint density at radius 2 is 1.88 bits per heavy atom. The van der Waals surface area contributed by atoms with Crippen LogP contribution in [0.5, 0.6) is 11.5 Å². The van der Waals surface area contributed by atoms with E-state index in [-0.39, 0.29) is 13.0 Å². The van der Waals surface area contributed by atoms with Crippen molar-refractivity contribution in [2.75, 3.05) is 6.61 Å².